The van der Waals surface area contributed by atoms with Gasteiger partial charge in [-0.2, -0.15) is 0 Å². The summed E-state index contributed by atoms with van der Waals surface area (Å²) in [7, 11) is 0. The fourth-order valence-electron chi connectivity index (χ4n) is 3.11. The van der Waals surface area contributed by atoms with Crippen molar-refractivity contribution in [3.05, 3.63) is 53.9 Å². The molecular weight excluding hydrogens is 326 g/mol. The molecule has 0 radical (unpaired) electrons. The number of nitrogens with zero attached hydrogens (tertiary/aromatic N) is 4. The highest BCUT2D eigenvalue weighted by Crippen LogP contribution is 2.09. The van der Waals surface area contributed by atoms with Crippen LogP contribution in [0, 0.1) is 6.92 Å². The summed E-state index contributed by atoms with van der Waals surface area (Å²) in [4.78, 5) is 25.3. The Bertz CT molecular complexity index is 681. The van der Waals surface area contributed by atoms with E-state index in [0.29, 0.717) is 6.42 Å². The summed E-state index contributed by atoms with van der Waals surface area (Å²) in [5.41, 5.74) is 2.28. The average molecular weight is 353 g/mol. The van der Waals surface area contributed by atoms with Crippen molar-refractivity contribution in [3.63, 3.8) is 0 Å². The fraction of sp³-hybridized carbons (Fsp3) is 0.450. The van der Waals surface area contributed by atoms with Gasteiger partial charge in [0.2, 0.25) is 11.9 Å². The SMILES string of the molecule is Cc1ccc(CC(=O)NCCCN2CCN(c3ncccn3)CC2)cc1. The van der Waals surface area contributed by atoms with Gasteiger partial charge in [-0.3, -0.25) is 9.69 Å². The van der Waals surface area contributed by atoms with E-state index in [9.17, 15) is 4.79 Å². The lowest BCUT2D eigenvalue weighted by atomic mass is 10.1. The summed E-state index contributed by atoms with van der Waals surface area (Å²) in [6.07, 6.45) is 5.00. The zero-order valence-electron chi connectivity index (χ0n) is 15.4. The molecule has 6 heteroatoms. The lowest BCUT2D eigenvalue weighted by Crippen LogP contribution is -2.47. The van der Waals surface area contributed by atoms with Gasteiger partial charge >= 0.3 is 0 Å². The molecule has 1 aliphatic rings. The van der Waals surface area contributed by atoms with Gasteiger partial charge in [-0.25, -0.2) is 9.97 Å². The minimum absolute atomic E-state index is 0.0971. The molecule has 26 heavy (non-hydrogen) atoms. The second-order valence-corrected chi connectivity index (χ2v) is 6.74. The van der Waals surface area contributed by atoms with E-state index in [1.54, 1.807) is 12.4 Å². The van der Waals surface area contributed by atoms with Crippen molar-refractivity contribution in [2.75, 3.05) is 44.2 Å². The molecule has 6 nitrogen and oxygen atoms in total. The second kappa shape index (κ2) is 9.29. The van der Waals surface area contributed by atoms with Crippen LogP contribution in [-0.4, -0.2) is 60.0 Å². The number of hydrogen-bond donors (Lipinski definition) is 1. The highest BCUT2D eigenvalue weighted by molar-refractivity contribution is 5.78. The van der Waals surface area contributed by atoms with Crippen molar-refractivity contribution in [2.24, 2.45) is 0 Å². The molecule has 0 unspecified atom stereocenters. The fourth-order valence-corrected chi connectivity index (χ4v) is 3.11. The summed E-state index contributed by atoms with van der Waals surface area (Å²) in [5.74, 6) is 0.912. The maximum absolute atomic E-state index is 12.0. The number of hydrogen-bond acceptors (Lipinski definition) is 5. The molecule has 3 rings (SSSR count). The zero-order chi connectivity index (χ0) is 18.2. The number of rotatable bonds is 7. The van der Waals surface area contributed by atoms with Gasteiger partial charge in [0.1, 0.15) is 0 Å². The largest absolute Gasteiger partial charge is 0.356 e. The molecule has 1 aromatic heterocycles. The Morgan fingerprint density at radius 2 is 1.77 bits per heavy atom. The molecule has 1 saturated heterocycles. The highest BCUT2D eigenvalue weighted by Gasteiger charge is 2.18. The van der Waals surface area contributed by atoms with Crippen molar-refractivity contribution < 1.29 is 4.79 Å². The van der Waals surface area contributed by atoms with E-state index >= 15 is 0 Å². The number of carbonyl (C=O) groups is 1. The Morgan fingerprint density at radius 1 is 1.08 bits per heavy atom. The molecule has 1 fully saturated rings. The molecule has 1 aromatic carbocycles. The number of anilines is 1. The van der Waals surface area contributed by atoms with Crippen LogP contribution in [0.25, 0.3) is 0 Å². The van der Waals surface area contributed by atoms with Crippen LogP contribution in [0.3, 0.4) is 0 Å². The third-order valence-corrected chi connectivity index (χ3v) is 4.67. The first-order valence-electron chi connectivity index (χ1n) is 9.27. The van der Waals surface area contributed by atoms with Crippen molar-refractivity contribution in [2.45, 2.75) is 19.8 Å². The van der Waals surface area contributed by atoms with Gasteiger partial charge in [-0.15, -0.1) is 0 Å². The van der Waals surface area contributed by atoms with Crippen molar-refractivity contribution in [1.82, 2.24) is 20.2 Å². The molecule has 1 N–H and O–H groups in total. The summed E-state index contributed by atoms with van der Waals surface area (Å²) >= 11 is 0. The molecule has 138 valence electrons. The molecule has 1 amide bonds. The minimum Gasteiger partial charge on any atom is -0.356 e. The Kier molecular flexibility index (Phi) is 6.55. The first-order chi connectivity index (χ1) is 12.7. The zero-order valence-corrected chi connectivity index (χ0v) is 15.4. The van der Waals surface area contributed by atoms with Crippen LogP contribution in [0.15, 0.2) is 42.7 Å². The summed E-state index contributed by atoms with van der Waals surface area (Å²) in [6, 6.07) is 9.97. The maximum atomic E-state index is 12.0. The monoisotopic (exact) mass is 353 g/mol. The number of carbonyl (C=O) groups excluding carboxylic acids is 1. The number of aryl methyl sites for hydroxylation is 1. The number of piperazine rings is 1. The van der Waals surface area contributed by atoms with Gasteiger partial charge in [0, 0.05) is 45.1 Å². The molecule has 0 bridgehead atoms. The third kappa shape index (κ3) is 5.52. The highest BCUT2D eigenvalue weighted by atomic mass is 16.1. The molecule has 2 heterocycles. The predicted molar refractivity (Wildman–Crippen MR) is 103 cm³/mol. The van der Waals surface area contributed by atoms with Gasteiger partial charge in [-0.1, -0.05) is 29.8 Å². The lowest BCUT2D eigenvalue weighted by Gasteiger charge is -2.34. The standard InChI is InChI=1S/C20H27N5O/c1-17-4-6-18(7-5-17)16-19(26)21-10-3-11-24-12-14-25(15-13-24)20-22-8-2-9-23-20/h2,4-9H,3,10-16H2,1H3,(H,21,26). The van der Waals surface area contributed by atoms with Crippen molar-refractivity contribution >= 4 is 11.9 Å². The third-order valence-electron chi connectivity index (χ3n) is 4.67. The van der Waals surface area contributed by atoms with Gasteiger partial charge in [0.15, 0.2) is 0 Å². The topological polar surface area (TPSA) is 61.4 Å². The van der Waals surface area contributed by atoms with E-state index in [-0.39, 0.29) is 5.91 Å². The molecule has 1 aliphatic heterocycles. The van der Waals surface area contributed by atoms with E-state index in [2.05, 4.69) is 32.0 Å². The summed E-state index contributed by atoms with van der Waals surface area (Å²) < 4.78 is 0. The van der Waals surface area contributed by atoms with E-state index in [0.717, 1.165) is 57.2 Å². The van der Waals surface area contributed by atoms with E-state index in [1.807, 2.05) is 30.3 Å². The van der Waals surface area contributed by atoms with Crippen LogP contribution < -0.4 is 10.2 Å². The number of nitrogens with one attached hydrogen (secondary N) is 1. The Balaban J connectivity index is 1.30. The Labute approximate surface area is 155 Å². The number of aromatic nitrogens is 2. The van der Waals surface area contributed by atoms with Crippen LogP contribution in [0.2, 0.25) is 0 Å². The Hall–Kier alpha value is -2.47. The van der Waals surface area contributed by atoms with Crippen LogP contribution in [0.5, 0.6) is 0 Å². The van der Waals surface area contributed by atoms with Crippen LogP contribution >= 0.6 is 0 Å². The molecule has 0 atom stereocenters. The molecule has 0 aliphatic carbocycles. The van der Waals surface area contributed by atoms with Gasteiger partial charge in [0.25, 0.3) is 0 Å². The van der Waals surface area contributed by atoms with Crippen LogP contribution in [0.4, 0.5) is 5.95 Å². The predicted octanol–water partition coefficient (Wildman–Crippen LogP) is 1.66. The quantitative estimate of drug-likeness (QED) is 0.767. The second-order valence-electron chi connectivity index (χ2n) is 6.74. The lowest BCUT2D eigenvalue weighted by molar-refractivity contribution is -0.120. The average Bonchev–Trinajstić information content (AvgIpc) is 2.68. The van der Waals surface area contributed by atoms with Crippen LogP contribution in [-0.2, 0) is 11.2 Å². The summed E-state index contributed by atoms with van der Waals surface area (Å²) in [6.45, 7) is 7.70. The summed E-state index contributed by atoms with van der Waals surface area (Å²) in [5, 5.41) is 3.02. The van der Waals surface area contributed by atoms with Crippen molar-refractivity contribution in [1.29, 1.82) is 0 Å². The molecule has 0 spiro atoms. The number of benzene rings is 1. The Morgan fingerprint density at radius 3 is 2.46 bits per heavy atom. The van der Waals surface area contributed by atoms with Crippen LogP contribution in [0.1, 0.15) is 17.5 Å². The van der Waals surface area contributed by atoms with E-state index < -0.39 is 0 Å². The van der Waals surface area contributed by atoms with E-state index in [4.69, 9.17) is 0 Å². The minimum atomic E-state index is 0.0971. The molecular formula is C20H27N5O. The normalized spacial score (nSPS) is 15.0. The molecule has 0 saturated carbocycles. The van der Waals surface area contributed by atoms with Gasteiger partial charge in [0.05, 0.1) is 6.42 Å². The first-order valence-corrected chi connectivity index (χ1v) is 9.27. The van der Waals surface area contributed by atoms with Gasteiger partial charge < -0.3 is 10.2 Å². The first kappa shape index (κ1) is 18.3. The van der Waals surface area contributed by atoms with Crippen molar-refractivity contribution in [3.8, 4) is 0 Å². The smallest absolute Gasteiger partial charge is 0.225 e. The molecule has 2 aromatic rings. The maximum Gasteiger partial charge on any atom is 0.225 e. The van der Waals surface area contributed by atoms with E-state index in [1.165, 1.54) is 5.56 Å². The van der Waals surface area contributed by atoms with Gasteiger partial charge in [-0.05, 0) is 31.5 Å². The number of amides is 1.